The van der Waals surface area contributed by atoms with Crippen LogP contribution in [0.5, 0.6) is 0 Å². The van der Waals surface area contributed by atoms with Crippen molar-refractivity contribution in [2.75, 3.05) is 0 Å². The zero-order valence-electron chi connectivity index (χ0n) is 6.95. The van der Waals surface area contributed by atoms with E-state index in [1.165, 1.54) is 6.92 Å². The lowest BCUT2D eigenvalue weighted by Crippen LogP contribution is -2.08. The van der Waals surface area contributed by atoms with Crippen LogP contribution >= 0.6 is 0 Å². The van der Waals surface area contributed by atoms with Crippen LogP contribution in [0.25, 0.3) is 0 Å². The minimum absolute atomic E-state index is 0.198. The molecule has 2 N–H and O–H groups in total. The summed E-state index contributed by atoms with van der Waals surface area (Å²) in [5.74, 6) is -0.198. The fourth-order valence-corrected chi connectivity index (χ4v) is 0.962. The molecule has 1 amide bonds. The Balaban J connectivity index is 2.89. The van der Waals surface area contributed by atoms with Gasteiger partial charge in [0.25, 0.3) is 0 Å². The Kier molecular flexibility index (Phi) is 2.82. The van der Waals surface area contributed by atoms with Crippen LogP contribution in [0.1, 0.15) is 12.5 Å². The van der Waals surface area contributed by atoms with E-state index in [4.69, 9.17) is 5.73 Å². The summed E-state index contributed by atoms with van der Waals surface area (Å²) in [5, 5.41) is 3.81. The quantitative estimate of drug-likeness (QED) is 0.705. The second-order valence-corrected chi connectivity index (χ2v) is 2.46. The van der Waals surface area contributed by atoms with Crippen molar-refractivity contribution in [3.63, 3.8) is 0 Å². The highest BCUT2D eigenvalue weighted by atomic mass is 16.1. The first-order valence-electron chi connectivity index (χ1n) is 3.74. The highest BCUT2D eigenvalue weighted by Crippen LogP contribution is 2.13. The van der Waals surface area contributed by atoms with Crippen LogP contribution in [-0.2, 0) is 11.3 Å². The van der Waals surface area contributed by atoms with Gasteiger partial charge in [0.2, 0.25) is 5.91 Å². The van der Waals surface area contributed by atoms with E-state index in [2.05, 4.69) is 5.32 Å². The van der Waals surface area contributed by atoms with Crippen molar-refractivity contribution >= 4 is 11.6 Å². The monoisotopic (exact) mass is 163 g/mol. The Morgan fingerprint density at radius 1 is 1.50 bits per heavy atom. The fourth-order valence-electron chi connectivity index (χ4n) is 0.962. The molecule has 0 atom stereocenters. The number of carbonyl (C=O) groups is 1. The third-order valence-corrected chi connectivity index (χ3v) is 1.49. The van der Waals surface area contributed by atoms with Crippen LogP contribution in [0.4, 0.5) is 5.69 Å². The van der Waals surface area contributed by atoms with Gasteiger partial charge in [0, 0.05) is 13.5 Å². The predicted molar refractivity (Wildman–Crippen MR) is 46.8 cm³/mol. The van der Waals surface area contributed by atoms with Crippen molar-refractivity contribution in [1.29, 1.82) is 0 Å². The maximum atomic E-state index is 10.7. The van der Waals surface area contributed by atoms with Gasteiger partial charge < -0.3 is 5.73 Å². The SMILES string of the molecule is CC(=O)[N]c1ccccc1CN. The summed E-state index contributed by atoms with van der Waals surface area (Å²) in [6.07, 6.45) is 0. The molecule has 3 nitrogen and oxygen atoms in total. The third kappa shape index (κ3) is 2.07. The molecule has 0 saturated carbocycles. The van der Waals surface area contributed by atoms with Crippen molar-refractivity contribution in [3.8, 4) is 0 Å². The van der Waals surface area contributed by atoms with Gasteiger partial charge in [-0.05, 0) is 11.6 Å². The summed E-state index contributed by atoms with van der Waals surface area (Å²) >= 11 is 0. The van der Waals surface area contributed by atoms with Gasteiger partial charge in [-0.3, -0.25) is 4.79 Å². The number of hydrogen-bond donors (Lipinski definition) is 1. The number of hydrogen-bond acceptors (Lipinski definition) is 2. The number of nitrogens with zero attached hydrogens (tertiary/aromatic N) is 1. The Hall–Kier alpha value is -1.35. The first-order valence-corrected chi connectivity index (χ1v) is 3.74. The van der Waals surface area contributed by atoms with Crippen LogP contribution in [0.15, 0.2) is 24.3 Å². The first-order chi connectivity index (χ1) is 5.74. The summed E-state index contributed by atoms with van der Waals surface area (Å²) in [5.41, 5.74) is 7.02. The van der Waals surface area contributed by atoms with Gasteiger partial charge in [-0.25, -0.2) is 5.32 Å². The molecule has 0 aliphatic carbocycles. The largest absolute Gasteiger partial charge is 0.326 e. The molecule has 1 radical (unpaired) electrons. The second kappa shape index (κ2) is 3.88. The van der Waals surface area contributed by atoms with E-state index in [9.17, 15) is 4.79 Å². The van der Waals surface area contributed by atoms with Gasteiger partial charge in [-0.2, -0.15) is 0 Å². The van der Waals surface area contributed by atoms with Crippen LogP contribution < -0.4 is 11.1 Å². The van der Waals surface area contributed by atoms with E-state index in [0.717, 1.165) is 5.56 Å². The summed E-state index contributed by atoms with van der Waals surface area (Å²) in [6, 6.07) is 7.35. The molecule has 0 bridgehead atoms. The normalized spacial score (nSPS) is 9.50. The van der Waals surface area contributed by atoms with Crippen LogP contribution in [0.2, 0.25) is 0 Å². The molecule has 3 heteroatoms. The minimum Gasteiger partial charge on any atom is -0.326 e. The molecule has 0 fully saturated rings. The third-order valence-electron chi connectivity index (χ3n) is 1.49. The standard InChI is InChI=1S/C9H11N2O/c1-7(12)11-9-5-3-2-4-8(9)6-10/h2-5H,6,10H2,1H3. The molecule has 12 heavy (non-hydrogen) atoms. The van der Waals surface area contributed by atoms with Crippen LogP contribution in [0.3, 0.4) is 0 Å². The molecule has 0 saturated heterocycles. The number of nitrogens with two attached hydrogens (primary N) is 1. The molecular formula is C9H11N2O. The highest BCUT2D eigenvalue weighted by molar-refractivity contribution is 5.78. The van der Waals surface area contributed by atoms with Crippen molar-refractivity contribution < 1.29 is 4.79 Å². The molecule has 0 heterocycles. The van der Waals surface area contributed by atoms with Crippen LogP contribution in [-0.4, -0.2) is 5.91 Å². The van der Waals surface area contributed by atoms with Gasteiger partial charge in [0.05, 0.1) is 5.69 Å². The number of rotatable bonds is 2. The topological polar surface area (TPSA) is 57.2 Å². The summed E-state index contributed by atoms with van der Waals surface area (Å²) in [7, 11) is 0. The summed E-state index contributed by atoms with van der Waals surface area (Å²) in [6.45, 7) is 1.83. The maximum Gasteiger partial charge on any atom is 0.243 e. The molecule has 1 aromatic rings. The van der Waals surface area contributed by atoms with E-state index in [0.29, 0.717) is 12.2 Å². The van der Waals surface area contributed by atoms with Crippen molar-refractivity contribution in [3.05, 3.63) is 29.8 Å². The summed E-state index contributed by atoms with van der Waals surface area (Å²) in [4.78, 5) is 10.7. The Labute approximate surface area is 71.6 Å². The predicted octanol–water partition coefficient (Wildman–Crippen LogP) is 0.928. The van der Waals surface area contributed by atoms with E-state index in [-0.39, 0.29) is 5.91 Å². The number of amides is 1. The molecular weight excluding hydrogens is 152 g/mol. The first kappa shape index (κ1) is 8.74. The van der Waals surface area contributed by atoms with Gasteiger partial charge in [-0.1, -0.05) is 18.2 Å². The molecule has 0 aliphatic rings. The number of para-hydroxylation sites is 1. The average Bonchev–Trinajstić information content (AvgIpc) is 2.04. The Bertz CT molecular complexity index is 284. The molecule has 63 valence electrons. The van der Waals surface area contributed by atoms with E-state index in [1.807, 2.05) is 18.2 Å². The lowest BCUT2D eigenvalue weighted by molar-refractivity contribution is -0.118. The number of benzene rings is 1. The Morgan fingerprint density at radius 2 is 2.17 bits per heavy atom. The molecule has 0 spiro atoms. The summed E-state index contributed by atoms with van der Waals surface area (Å²) < 4.78 is 0. The van der Waals surface area contributed by atoms with Crippen molar-refractivity contribution in [2.24, 2.45) is 5.73 Å². The molecule has 1 aromatic carbocycles. The zero-order valence-corrected chi connectivity index (χ0v) is 6.95. The Morgan fingerprint density at radius 3 is 2.75 bits per heavy atom. The lowest BCUT2D eigenvalue weighted by Gasteiger charge is -2.03. The van der Waals surface area contributed by atoms with Gasteiger partial charge >= 0.3 is 0 Å². The molecule has 1 rings (SSSR count). The van der Waals surface area contributed by atoms with Gasteiger partial charge in [0.1, 0.15) is 0 Å². The number of carbonyl (C=O) groups excluding carboxylic acids is 1. The van der Waals surface area contributed by atoms with E-state index in [1.54, 1.807) is 6.07 Å². The van der Waals surface area contributed by atoms with E-state index < -0.39 is 0 Å². The maximum absolute atomic E-state index is 10.7. The van der Waals surface area contributed by atoms with Crippen LogP contribution in [0, 0.1) is 0 Å². The van der Waals surface area contributed by atoms with E-state index >= 15 is 0 Å². The second-order valence-electron chi connectivity index (χ2n) is 2.46. The lowest BCUT2D eigenvalue weighted by atomic mass is 10.2. The molecule has 0 aliphatic heterocycles. The zero-order chi connectivity index (χ0) is 8.97. The fraction of sp³-hybridized carbons (Fsp3) is 0.222. The van der Waals surface area contributed by atoms with Gasteiger partial charge in [-0.15, -0.1) is 0 Å². The smallest absolute Gasteiger partial charge is 0.243 e. The van der Waals surface area contributed by atoms with Crippen molar-refractivity contribution in [1.82, 2.24) is 5.32 Å². The molecule has 0 unspecified atom stereocenters. The average molecular weight is 163 g/mol. The van der Waals surface area contributed by atoms with Gasteiger partial charge in [0.15, 0.2) is 0 Å². The van der Waals surface area contributed by atoms with Crippen molar-refractivity contribution in [2.45, 2.75) is 13.5 Å². The minimum atomic E-state index is -0.198. The highest BCUT2D eigenvalue weighted by Gasteiger charge is 2.02. The molecule has 0 aromatic heterocycles.